The Morgan fingerprint density at radius 2 is 1.38 bits per heavy atom. The van der Waals surface area contributed by atoms with Gasteiger partial charge in [0.05, 0.1) is 5.56 Å². The molecule has 3 aromatic carbocycles. The fraction of sp³-hybridized carbons (Fsp3) is 0.200. The number of Topliss-reactive ketones (excluding diaryl/α,β-unsaturated/α-hetero) is 1. The Bertz CT molecular complexity index is 979. The zero-order valence-electron chi connectivity index (χ0n) is 16.7. The van der Waals surface area contributed by atoms with E-state index in [4.69, 9.17) is 9.47 Å². The monoisotopic (exact) mass is 388 g/mol. The average molecular weight is 388 g/mol. The van der Waals surface area contributed by atoms with Crippen molar-refractivity contribution in [3.8, 4) is 11.5 Å². The number of benzene rings is 3. The second kappa shape index (κ2) is 9.69. The highest BCUT2D eigenvalue weighted by molar-refractivity contribution is 5.99. The van der Waals surface area contributed by atoms with Gasteiger partial charge in [0.15, 0.2) is 5.78 Å². The fourth-order valence-electron chi connectivity index (χ4n) is 3.24. The first-order valence-electron chi connectivity index (χ1n) is 9.54. The predicted octanol–water partition coefficient (Wildman–Crippen LogP) is 5.10. The van der Waals surface area contributed by atoms with Gasteiger partial charge < -0.3 is 14.3 Å². The number of rotatable bonds is 9. The molecule has 0 unspecified atom stereocenters. The quantitative estimate of drug-likeness (QED) is 0.378. The average Bonchev–Trinajstić information content (AvgIpc) is 2.74. The first-order chi connectivity index (χ1) is 14.1. The molecule has 3 aromatic rings. The van der Waals surface area contributed by atoms with Gasteiger partial charge in [-0.3, -0.25) is 4.79 Å². The minimum Gasteiger partial charge on any atom is -0.488 e. The number of hydrogen-bond donors (Lipinski definition) is 0. The molecule has 29 heavy (non-hydrogen) atoms. The summed E-state index contributed by atoms with van der Waals surface area (Å²) < 4.78 is 12.0. The van der Waals surface area contributed by atoms with Crippen LogP contribution in [-0.2, 0) is 24.4 Å². The van der Waals surface area contributed by atoms with Crippen molar-refractivity contribution in [3.05, 3.63) is 94.5 Å². The van der Waals surface area contributed by atoms with Crippen molar-refractivity contribution in [3.63, 3.8) is 0 Å². The number of ether oxygens (including phenoxy) is 2. The summed E-state index contributed by atoms with van der Waals surface area (Å²) in [6.45, 7) is 4.07. The van der Waals surface area contributed by atoms with E-state index in [-0.39, 0.29) is 12.2 Å². The Morgan fingerprint density at radius 1 is 0.862 bits per heavy atom. The van der Waals surface area contributed by atoms with E-state index in [1.54, 1.807) is 6.07 Å². The number of hydrogen-bond acceptors (Lipinski definition) is 4. The molecule has 0 saturated heterocycles. The summed E-state index contributed by atoms with van der Waals surface area (Å²) >= 11 is 0. The van der Waals surface area contributed by atoms with Crippen LogP contribution in [0.2, 0.25) is 0 Å². The Kier molecular flexibility index (Phi) is 6.80. The van der Waals surface area contributed by atoms with Crippen molar-refractivity contribution in [2.45, 2.75) is 33.5 Å². The van der Waals surface area contributed by atoms with Crippen molar-refractivity contribution >= 4 is 12.1 Å². The molecule has 4 heteroatoms. The molecule has 0 aliphatic carbocycles. The minimum atomic E-state index is -0.136. The molecule has 3 rings (SSSR count). The molecule has 148 valence electrons. The maximum Gasteiger partial charge on any atom is 0.163 e. The van der Waals surface area contributed by atoms with Gasteiger partial charge in [0.1, 0.15) is 31.0 Å². The first kappa shape index (κ1) is 20.3. The highest BCUT2D eigenvalue weighted by Crippen LogP contribution is 2.35. The highest BCUT2D eigenvalue weighted by atomic mass is 16.5. The van der Waals surface area contributed by atoms with Crippen LogP contribution in [0.4, 0.5) is 0 Å². The lowest BCUT2D eigenvalue weighted by molar-refractivity contribution is -0.107. The third-order valence-corrected chi connectivity index (χ3v) is 4.75. The predicted molar refractivity (Wildman–Crippen MR) is 112 cm³/mol. The highest BCUT2D eigenvalue weighted by Gasteiger charge is 2.20. The lowest BCUT2D eigenvalue weighted by Gasteiger charge is -2.19. The van der Waals surface area contributed by atoms with Crippen LogP contribution in [0.1, 0.15) is 39.5 Å². The molecule has 4 nitrogen and oxygen atoms in total. The molecule has 0 aromatic heterocycles. The Morgan fingerprint density at radius 3 is 1.86 bits per heavy atom. The van der Waals surface area contributed by atoms with Crippen LogP contribution in [0, 0.1) is 6.92 Å². The molecule has 0 saturated carbocycles. The summed E-state index contributed by atoms with van der Waals surface area (Å²) in [7, 11) is 0. The molecule has 0 bridgehead atoms. The zero-order valence-corrected chi connectivity index (χ0v) is 16.7. The molecule has 0 aliphatic rings. The van der Waals surface area contributed by atoms with Gasteiger partial charge in [-0.1, -0.05) is 60.7 Å². The smallest absolute Gasteiger partial charge is 0.163 e. The molecule has 0 fully saturated rings. The number of carbonyl (C=O) groups excluding carboxylic acids is 2. The standard InChI is InChI=1S/C25H24O4/c1-18-22(13-14-26)25(19(2)27)24(29-17-21-11-7-4-8-12-21)15-23(18)28-16-20-9-5-3-6-10-20/h3-12,14-15H,13,16-17H2,1-2H3. The molecule has 0 amide bonds. The third-order valence-electron chi connectivity index (χ3n) is 4.75. The molecule has 0 aliphatic heterocycles. The molecule has 0 heterocycles. The van der Waals surface area contributed by atoms with Crippen molar-refractivity contribution in [1.82, 2.24) is 0 Å². The second-order valence-electron chi connectivity index (χ2n) is 6.83. The lowest BCUT2D eigenvalue weighted by Crippen LogP contribution is -2.10. The Labute approximate surface area is 171 Å². The van der Waals surface area contributed by atoms with Crippen molar-refractivity contribution < 1.29 is 19.1 Å². The van der Waals surface area contributed by atoms with Crippen molar-refractivity contribution in [1.29, 1.82) is 0 Å². The van der Waals surface area contributed by atoms with E-state index in [1.165, 1.54) is 6.92 Å². The van der Waals surface area contributed by atoms with Crippen LogP contribution in [0.25, 0.3) is 0 Å². The number of ketones is 1. The molecule has 0 atom stereocenters. The lowest BCUT2D eigenvalue weighted by atomic mass is 9.95. The summed E-state index contributed by atoms with van der Waals surface area (Å²) in [6.07, 6.45) is 0.932. The van der Waals surface area contributed by atoms with E-state index in [0.717, 1.165) is 23.0 Å². The normalized spacial score (nSPS) is 10.4. The van der Waals surface area contributed by atoms with Gasteiger partial charge in [0.2, 0.25) is 0 Å². The summed E-state index contributed by atoms with van der Waals surface area (Å²) in [4.78, 5) is 23.7. The maximum atomic E-state index is 12.4. The SMILES string of the molecule is CC(=O)c1c(OCc2ccccc2)cc(OCc2ccccc2)c(C)c1CC=O. The van der Waals surface area contributed by atoms with Crippen molar-refractivity contribution in [2.24, 2.45) is 0 Å². The van der Waals surface area contributed by atoms with Gasteiger partial charge in [-0.25, -0.2) is 0 Å². The summed E-state index contributed by atoms with van der Waals surface area (Å²) in [5.41, 5.74) is 3.90. The van der Waals surface area contributed by atoms with Gasteiger partial charge in [0.25, 0.3) is 0 Å². The van der Waals surface area contributed by atoms with Crippen LogP contribution in [-0.4, -0.2) is 12.1 Å². The summed E-state index contributed by atoms with van der Waals surface area (Å²) in [6, 6.07) is 21.3. The van der Waals surface area contributed by atoms with E-state index in [1.807, 2.05) is 67.6 Å². The fourth-order valence-corrected chi connectivity index (χ4v) is 3.24. The van der Waals surface area contributed by atoms with E-state index >= 15 is 0 Å². The Hall–Kier alpha value is -3.40. The van der Waals surface area contributed by atoms with E-state index < -0.39 is 0 Å². The number of aldehydes is 1. The number of carbonyl (C=O) groups is 2. The van der Waals surface area contributed by atoms with Gasteiger partial charge in [0, 0.05) is 12.5 Å². The van der Waals surface area contributed by atoms with Gasteiger partial charge in [-0.05, 0) is 36.1 Å². The van der Waals surface area contributed by atoms with Crippen LogP contribution in [0.5, 0.6) is 11.5 Å². The molecular weight excluding hydrogens is 364 g/mol. The molecule has 0 radical (unpaired) electrons. The topological polar surface area (TPSA) is 52.6 Å². The largest absolute Gasteiger partial charge is 0.488 e. The third kappa shape index (κ3) is 5.11. The molecule has 0 spiro atoms. The Balaban J connectivity index is 1.95. The van der Waals surface area contributed by atoms with E-state index in [2.05, 4.69) is 0 Å². The van der Waals surface area contributed by atoms with E-state index in [0.29, 0.717) is 35.8 Å². The summed E-state index contributed by atoms with van der Waals surface area (Å²) in [5.74, 6) is 0.910. The second-order valence-corrected chi connectivity index (χ2v) is 6.83. The van der Waals surface area contributed by atoms with Gasteiger partial charge in [-0.2, -0.15) is 0 Å². The van der Waals surface area contributed by atoms with Crippen LogP contribution in [0.3, 0.4) is 0 Å². The van der Waals surface area contributed by atoms with Crippen molar-refractivity contribution in [2.75, 3.05) is 0 Å². The molecule has 0 N–H and O–H groups in total. The van der Waals surface area contributed by atoms with Crippen LogP contribution >= 0.6 is 0 Å². The maximum absolute atomic E-state index is 12.4. The van der Waals surface area contributed by atoms with E-state index in [9.17, 15) is 9.59 Å². The first-order valence-corrected chi connectivity index (χ1v) is 9.54. The zero-order chi connectivity index (χ0) is 20.6. The van der Waals surface area contributed by atoms with Crippen LogP contribution in [0.15, 0.2) is 66.7 Å². The van der Waals surface area contributed by atoms with Gasteiger partial charge >= 0.3 is 0 Å². The van der Waals surface area contributed by atoms with Crippen LogP contribution < -0.4 is 9.47 Å². The molecular formula is C25H24O4. The minimum absolute atomic E-state index is 0.130. The summed E-state index contributed by atoms with van der Waals surface area (Å²) in [5, 5.41) is 0. The van der Waals surface area contributed by atoms with Gasteiger partial charge in [-0.15, -0.1) is 0 Å².